The molecule has 0 unspecified atom stereocenters. The molecule has 4 nitrogen and oxygen atoms in total. The molecule has 0 radical (unpaired) electrons. The number of alkyl halides is 3. The molecular weight excluding hydrogens is 287 g/mol. The molecule has 0 aliphatic carbocycles. The summed E-state index contributed by atoms with van der Waals surface area (Å²) in [6, 6.07) is 8.07. The van der Waals surface area contributed by atoms with E-state index < -0.39 is 17.8 Å². The normalized spacial score (nSPS) is 11.2. The van der Waals surface area contributed by atoms with E-state index in [1.54, 1.807) is 12.1 Å². The molecule has 0 aliphatic rings. The second-order valence-electron chi connectivity index (χ2n) is 4.17. The van der Waals surface area contributed by atoms with Gasteiger partial charge in [-0.25, -0.2) is 9.78 Å². The largest absolute Gasteiger partial charge is 0.487 e. The fourth-order valence-electron chi connectivity index (χ4n) is 1.59. The fourth-order valence-corrected chi connectivity index (χ4v) is 1.59. The van der Waals surface area contributed by atoms with E-state index in [0.29, 0.717) is 5.56 Å². The summed E-state index contributed by atoms with van der Waals surface area (Å²) in [4.78, 5) is 14.1. The molecule has 0 aliphatic heterocycles. The summed E-state index contributed by atoms with van der Waals surface area (Å²) in [6.07, 6.45) is -3.52. The van der Waals surface area contributed by atoms with E-state index in [1.807, 2.05) is 0 Å². The Hall–Kier alpha value is -2.57. The highest BCUT2D eigenvalue weighted by atomic mass is 19.4. The van der Waals surface area contributed by atoms with E-state index in [0.717, 1.165) is 18.3 Å². The first kappa shape index (κ1) is 14.8. The Morgan fingerprint density at radius 3 is 2.57 bits per heavy atom. The van der Waals surface area contributed by atoms with Crippen LogP contribution >= 0.6 is 0 Å². The van der Waals surface area contributed by atoms with E-state index in [2.05, 4.69) is 4.98 Å². The number of pyridine rings is 1. The molecule has 1 heterocycles. The van der Waals surface area contributed by atoms with Crippen molar-refractivity contribution in [1.82, 2.24) is 4.98 Å². The van der Waals surface area contributed by atoms with Crippen LogP contribution < -0.4 is 4.74 Å². The molecule has 0 bridgehead atoms. The maximum absolute atomic E-state index is 12.3. The number of carbonyl (C=O) groups is 1. The summed E-state index contributed by atoms with van der Waals surface area (Å²) in [7, 11) is 0. The third-order valence-electron chi connectivity index (χ3n) is 2.61. The summed E-state index contributed by atoms with van der Waals surface area (Å²) in [5.41, 5.74) is -0.292. The zero-order chi connectivity index (χ0) is 15.5. The molecule has 0 fully saturated rings. The summed E-state index contributed by atoms with van der Waals surface area (Å²) in [5, 5.41) is 8.84. The minimum absolute atomic E-state index is 0.0359. The quantitative estimate of drug-likeness (QED) is 0.940. The van der Waals surface area contributed by atoms with Crippen molar-refractivity contribution in [2.75, 3.05) is 0 Å². The van der Waals surface area contributed by atoms with Crippen LogP contribution in [0, 0.1) is 0 Å². The van der Waals surface area contributed by atoms with Crippen molar-refractivity contribution < 1.29 is 27.8 Å². The number of benzene rings is 1. The highest BCUT2D eigenvalue weighted by molar-refractivity contribution is 5.87. The minimum Gasteiger partial charge on any atom is -0.487 e. The van der Waals surface area contributed by atoms with Crippen LogP contribution in [-0.4, -0.2) is 16.1 Å². The lowest BCUT2D eigenvalue weighted by Crippen LogP contribution is -2.07. The van der Waals surface area contributed by atoms with Gasteiger partial charge in [-0.15, -0.1) is 0 Å². The first-order chi connectivity index (χ1) is 9.86. The van der Waals surface area contributed by atoms with Crippen LogP contribution in [-0.2, 0) is 12.8 Å². The van der Waals surface area contributed by atoms with E-state index >= 15 is 0 Å². The molecule has 2 rings (SSSR count). The Kier molecular flexibility index (Phi) is 4.11. The van der Waals surface area contributed by atoms with Crippen molar-refractivity contribution in [2.45, 2.75) is 12.8 Å². The average Bonchev–Trinajstić information content (AvgIpc) is 2.45. The molecule has 0 atom stereocenters. The lowest BCUT2D eigenvalue weighted by Gasteiger charge is -2.08. The van der Waals surface area contributed by atoms with Gasteiger partial charge in [0.2, 0.25) is 0 Å². The second-order valence-corrected chi connectivity index (χ2v) is 4.17. The van der Waals surface area contributed by atoms with Gasteiger partial charge in [-0.3, -0.25) is 0 Å². The number of aromatic nitrogens is 1. The number of hydrogen-bond acceptors (Lipinski definition) is 3. The van der Waals surface area contributed by atoms with Gasteiger partial charge in [-0.2, -0.15) is 13.2 Å². The molecule has 2 aromatic rings. The molecule has 0 amide bonds. The Balaban J connectivity index is 2.03. The molecular formula is C14H10F3NO3. The van der Waals surface area contributed by atoms with Crippen molar-refractivity contribution in [3.05, 3.63) is 59.4 Å². The van der Waals surface area contributed by atoms with Gasteiger partial charge in [0, 0.05) is 0 Å². The third kappa shape index (κ3) is 3.95. The molecule has 1 N–H and O–H groups in total. The van der Waals surface area contributed by atoms with Gasteiger partial charge >= 0.3 is 12.1 Å². The fraction of sp³-hybridized carbons (Fsp3) is 0.143. The molecule has 7 heteroatoms. The van der Waals surface area contributed by atoms with Gasteiger partial charge in [-0.1, -0.05) is 12.1 Å². The zero-order valence-corrected chi connectivity index (χ0v) is 10.6. The Morgan fingerprint density at radius 2 is 2.00 bits per heavy atom. The maximum Gasteiger partial charge on any atom is 0.433 e. The van der Waals surface area contributed by atoms with E-state index in [4.69, 9.17) is 9.84 Å². The predicted octanol–water partition coefficient (Wildman–Crippen LogP) is 3.38. The van der Waals surface area contributed by atoms with Crippen molar-refractivity contribution >= 4 is 5.97 Å². The SMILES string of the molecule is O=C(O)c1cccc(COc2ccc(C(F)(F)F)nc2)c1. The lowest BCUT2D eigenvalue weighted by atomic mass is 10.1. The number of carboxylic acid groups (broad SMARTS) is 1. The summed E-state index contributed by atoms with van der Waals surface area (Å²) >= 11 is 0. The number of ether oxygens (including phenoxy) is 1. The second kappa shape index (κ2) is 5.82. The Morgan fingerprint density at radius 1 is 1.24 bits per heavy atom. The summed E-state index contributed by atoms with van der Waals surface area (Å²) in [5.74, 6) is -0.892. The van der Waals surface area contributed by atoms with Crippen LogP contribution in [0.3, 0.4) is 0 Å². The van der Waals surface area contributed by atoms with Crippen molar-refractivity contribution in [2.24, 2.45) is 0 Å². The van der Waals surface area contributed by atoms with Crippen LogP contribution in [0.15, 0.2) is 42.6 Å². The van der Waals surface area contributed by atoms with E-state index in [9.17, 15) is 18.0 Å². The Labute approximate surface area is 117 Å². The number of carboxylic acids is 1. The predicted molar refractivity (Wildman–Crippen MR) is 67.0 cm³/mol. The van der Waals surface area contributed by atoms with Crippen LogP contribution in [0.5, 0.6) is 5.75 Å². The topological polar surface area (TPSA) is 59.4 Å². The van der Waals surface area contributed by atoms with Gasteiger partial charge in [0.1, 0.15) is 18.1 Å². The lowest BCUT2D eigenvalue weighted by molar-refractivity contribution is -0.141. The average molecular weight is 297 g/mol. The van der Waals surface area contributed by atoms with Crippen molar-refractivity contribution in [3.63, 3.8) is 0 Å². The monoisotopic (exact) mass is 297 g/mol. The number of halogens is 3. The molecule has 1 aromatic heterocycles. The maximum atomic E-state index is 12.3. The van der Waals surface area contributed by atoms with Crippen LogP contribution in [0.2, 0.25) is 0 Å². The van der Waals surface area contributed by atoms with Gasteiger partial charge in [0.15, 0.2) is 0 Å². The van der Waals surface area contributed by atoms with Gasteiger partial charge < -0.3 is 9.84 Å². The number of rotatable bonds is 4. The molecule has 0 saturated heterocycles. The van der Waals surface area contributed by atoms with E-state index in [1.165, 1.54) is 12.1 Å². The van der Waals surface area contributed by atoms with Crippen LogP contribution in [0.1, 0.15) is 21.6 Å². The molecule has 0 spiro atoms. The first-order valence-corrected chi connectivity index (χ1v) is 5.84. The Bertz CT molecular complexity index is 639. The van der Waals surface area contributed by atoms with Crippen molar-refractivity contribution in [1.29, 1.82) is 0 Å². The summed E-state index contributed by atoms with van der Waals surface area (Å²) < 4.78 is 42.3. The van der Waals surface area contributed by atoms with Gasteiger partial charge in [0.05, 0.1) is 11.8 Å². The third-order valence-corrected chi connectivity index (χ3v) is 2.61. The molecule has 0 saturated carbocycles. The van der Waals surface area contributed by atoms with Crippen molar-refractivity contribution in [3.8, 4) is 5.75 Å². The number of aromatic carboxylic acids is 1. The van der Waals surface area contributed by atoms with Crippen LogP contribution in [0.25, 0.3) is 0 Å². The highest BCUT2D eigenvalue weighted by Crippen LogP contribution is 2.28. The molecule has 110 valence electrons. The number of hydrogen-bond donors (Lipinski definition) is 1. The minimum atomic E-state index is -4.49. The van der Waals surface area contributed by atoms with E-state index in [-0.39, 0.29) is 17.9 Å². The summed E-state index contributed by atoms with van der Waals surface area (Å²) in [6.45, 7) is 0.0359. The highest BCUT2D eigenvalue weighted by Gasteiger charge is 2.32. The van der Waals surface area contributed by atoms with Gasteiger partial charge in [-0.05, 0) is 29.8 Å². The molecule has 1 aromatic carbocycles. The van der Waals surface area contributed by atoms with Crippen LogP contribution in [0.4, 0.5) is 13.2 Å². The molecule has 21 heavy (non-hydrogen) atoms. The number of nitrogens with zero attached hydrogens (tertiary/aromatic N) is 1. The first-order valence-electron chi connectivity index (χ1n) is 5.84. The van der Waals surface area contributed by atoms with Gasteiger partial charge in [0.25, 0.3) is 0 Å². The zero-order valence-electron chi connectivity index (χ0n) is 10.6. The standard InChI is InChI=1S/C14H10F3NO3/c15-14(16,17)12-5-4-11(7-18-12)21-8-9-2-1-3-10(6-9)13(19)20/h1-7H,8H2,(H,19,20). The smallest absolute Gasteiger partial charge is 0.433 e.